The number of carboxylic acids is 1. The normalized spacial score (nSPS) is 17.3. The fraction of sp³-hybridized carbons (Fsp3) is 0.467. The van der Waals surface area contributed by atoms with Crippen molar-refractivity contribution in [1.82, 2.24) is 4.90 Å². The fourth-order valence-corrected chi connectivity index (χ4v) is 2.34. The van der Waals surface area contributed by atoms with Gasteiger partial charge in [0, 0.05) is 12.2 Å². The van der Waals surface area contributed by atoms with Crippen molar-refractivity contribution in [3.05, 3.63) is 29.8 Å². The molecule has 1 aliphatic rings. The molecule has 0 aromatic heterocycles. The molecule has 0 atom stereocenters. The number of hydrogen-bond donors (Lipinski definition) is 2. The molecule has 1 aromatic rings. The summed E-state index contributed by atoms with van der Waals surface area (Å²) in [6.07, 6.45) is -0.120. The number of benzene rings is 1. The van der Waals surface area contributed by atoms with Gasteiger partial charge < -0.3 is 20.1 Å². The minimum absolute atomic E-state index is 0.120. The van der Waals surface area contributed by atoms with Crippen LogP contribution in [-0.4, -0.2) is 47.3 Å². The summed E-state index contributed by atoms with van der Waals surface area (Å²) in [4.78, 5) is 24.8. The first kappa shape index (κ1) is 15.3. The molecule has 0 bridgehead atoms. The smallest absolute Gasteiger partial charge is 0.322 e. The number of morpholine rings is 1. The molecule has 0 aliphatic carbocycles. The van der Waals surface area contributed by atoms with E-state index in [1.165, 1.54) is 0 Å². The molecular weight excluding hydrogens is 272 g/mol. The van der Waals surface area contributed by atoms with Gasteiger partial charge >= 0.3 is 12.0 Å². The number of hydrogen-bond acceptors (Lipinski definition) is 3. The van der Waals surface area contributed by atoms with E-state index in [0.29, 0.717) is 30.9 Å². The third-order valence-corrected chi connectivity index (χ3v) is 3.31. The van der Waals surface area contributed by atoms with Crippen molar-refractivity contribution in [3.63, 3.8) is 0 Å². The minimum atomic E-state index is -0.927. The lowest BCUT2D eigenvalue weighted by atomic mass is 10.1. The highest BCUT2D eigenvalue weighted by Crippen LogP contribution is 2.20. The molecule has 21 heavy (non-hydrogen) atoms. The molecular formula is C15H20N2O4. The predicted octanol–water partition coefficient (Wildman–Crippen LogP) is 1.96. The van der Waals surface area contributed by atoms with E-state index in [-0.39, 0.29) is 18.1 Å². The average molecular weight is 292 g/mol. The van der Waals surface area contributed by atoms with E-state index in [0.717, 1.165) is 0 Å². The Bertz CT molecular complexity index is 542. The number of anilines is 1. The lowest BCUT2D eigenvalue weighted by Gasteiger charge is -2.38. The molecule has 6 heteroatoms. The first-order chi connectivity index (χ1) is 9.87. The van der Waals surface area contributed by atoms with Gasteiger partial charge in [-0.25, -0.2) is 4.79 Å². The first-order valence-corrected chi connectivity index (χ1v) is 6.87. The maximum Gasteiger partial charge on any atom is 0.322 e. The van der Waals surface area contributed by atoms with Gasteiger partial charge in [-0.1, -0.05) is 18.2 Å². The summed E-state index contributed by atoms with van der Waals surface area (Å²) in [5.41, 5.74) is 0.760. The first-order valence-electron chi connectivity index (χ1n) is 6.87. The van der Waals surface area contributed by atoms with Crippen molar-refractivity contribution in [1.29, 1.82) is 0 Å². The van der Waals surface area contributed by atoms with Crippen molar-refractivity contribution < 1.29 is 19.4 Å². The zero-order valence-electron chi connectivity index (χ0n) is 12.3. The van der Waals surface area contributed by atoms with Gasteiger partial charge in [0.2, 0.25) is 0 Å². The molecule has 0 radical (unpaired) electrons. The Morgan fingerprint density at radius 3 is 2.76 bits per heavy atom. The third-order valence-electron chi connectivity index (χ3n) is 3.31. The second-order valence-corrected chi connectivity index (χ2v) is 5.69. The van der Waals surface area contributed by atoms with Gasteiger partial charge in [0.05, 0.1) is 25.2 Å². The highest BCUT2D eigenvalue weighted by atomic mass is 16.5. The third kappa shape index (κ3) is 4.19. The van der Waals surface area contributed by atoms with E-state index in [2.05, 4.69) is 5.32 Å². The molecule has 1 saturated heterocycles. The standard InChI is InChI=1S/C15H20N2O4/c1-15(2)10-17(7-8-21-15)14(20)16-12-6-4-3-5-11(12)9-13(18)19/h3-6H,7-10H2,1-2H3,(H,16,20)(H,18,19). The summed E-state index contributed by atoms with van der Waals surface area (Å²) in [6, 6.07) is 6.70. The van der Waals surface area contributed by atoms with Gasteiger partial charge in [0.1, 0.15) is 0 Å². The van der Waals surface area contributed by atoms with Gasteiger partial charge in [-0.05, 0) is 25.5 Å². The van der Waals surface area contributed by atoms with Crippen LogP contribution in [0.15, 0.2) is 24.3 Å². The largest absolute Gasteiger partial charge is 0.481 e. The van der Waals surface area contributed by atoms with E-state index >= 15 is 0 Å². The van der Waals surface area contributed by atoms with Crippen LogP contribution in [0.3, 0.4) is 0 Å². The summed E-state index contributed by atoms with van der Waals surface area (Å²) in [5, 5.41) is 11.7. The molecule has 1 fully saturated rings. The number of nitrogens with zero attached hydrogens (tertiary/aromatic N) is 1. The number of carbonyl (C=O) groups excluding carboxylic acids is 1. The van der Waals surface area contributed by atoms with Crippen molar-refractivity contribution in [2.75, 3.05) is 25.0 Å². The number of rotatable bonds is 3. The molecule has 1 heterocycles. The van der Waals surface area contributed by atoms with E-state index in [1.54, 1.807) is 29.2 Å². The van der Waals surface area contributed by atoms with Crippen LogP contribution < -0.4 is 5.32 Å². The Kier molecular flexibility index (Phi) is 4.47. The van der Waals surface area contributed by atoms with Crippen LogP contribution in [0.2, 0.25) is 0 Å². The zero-order chi connectivity index (χ0) is 15.5. The van der Waals surface area contributed by atoms with Gasteiger partial charge in [-0.15, -0.1) is 0 Å². The number of carboxylic acid groups (broad SMARTS) is 1. The Hall–Kier alpha value is -2.08. The average Bonchev–Trinajstić information content (AvgIpc) is 2.39. The highest BCUT2D eigenvalue weighted by molar-refractivity contribution is 5.91. The molecule has 0 saturated carbocycles. The molecule has 114 valence electrons. The number of amides is 2. The molecule has 0 unspecified atom stereocenters. The summed E-state index contributed by atoms with van der Waals surface area (Å²) in [6.45, 7) is 5.39. The Morgan fingerprint density at radius 1 is 1.38 bits per heavy atom. The van der Waals surface area contributed by atoms with Crippen LogP contribution in [0.1, 0.15) is 19.4 Å². The maximum atomic E-state index is 12.3. The molecule has 1 aromatic carbocycles. The van der Waals surface area contributed by atoms with Crippen LogP contribution in [0.25, 0.3) is 0 Å². The van der Waals surface area contributed by atoms with Crippen LogP contribution in [-0.2, 0) is 16.0 Å². The lowest BCUT2D eigenvalue weighted by Crippen LogP contribution is -2.51. The summed E-state index contributed by atoms with van der Waals surface area (Å²) < 4.78 is 5.57. The fourth-order valence-electron chi connectivity index (χ4n) is 2.34. The Labute approximate surface area is 123 Å². The minimum Gasteiger partial charge on any atom is -0.481 e. The van der Waals surface area contributed by atoms with Crippen LogP contribution >= 0.6 is 0 Å². The number of ether oxygens (including phenoxy) is 1. The van der Waals surface area contributed by atoms with Crippen molar-refractivity contribution >= 4 is 17.7 Å². The molecule has 2 amide bonds. The molecule has 1 aliphatic heterocycles. The predicted molar refractivity (Wildman–Crippen MR) is 78.4 cm³/mol. The van der Waals surface area contributed by atoms with Crippen molar-refractivity contribution in [3.8, 4) is 0 Å². The van der Waals surface area contributed by atoms with Crippen LogP contribution in [0.4, 0.5) is 10.5 Å². The number of para-hydroxylation sites is 1. The molecule has 0 spiro atoms. The number of urea groups is 1. The zero-order valence-corrected chi connectivity index (χ0v) is 12.3. The maximum absolute atomic E-state index is 12.3. The van der Waals surface area contributed by atoms with E-state index in [9.17, 15) is 9.59 Å². The van der Waals surface area contributed by atoms with Gasteiger partial charge in [0.25, 0.3) is 0 Å². The van der Waals surface area contributed by atoms with Gasteiger partial charge in [0.15, 0.2) is 0 Å². The van der Waals surface area contributed by atoms with Crippen molar-refractivity contribution in [2.45, 2.75) is 25.9 Å². The van der Waals surface area contributed by atoms with E-state index in [1.807, 2.05) is 13.8 Å². The molecule has 2 rings (SSSR count). The SMILES string of the molecule is CC1(C)CN(C(=O)Nc2ccccc2CC(=O)O)CCO1. The summed E-state index contributed by atoms with van der Waals surface area (Å²) in [7, 11) is 0. The van der Waals surface area contributed by atoms with Gasteiger partial charge in [-0.2, -0.15) is 0 Å². The Morgan fingerprint density at radius 2 is 2.10 bits per heavy atom. The van der Waals surface area contributed by atoms with Crippen LogP contribution in [0, 0.1) is 0 Å². The summed E-state index contributed by atoms with van der Waals surface area (Å²) >= 11 is 0. The molecule has 2 N–H and O–H groups in total. The highest BCUT2D eigenvalue weighted by Gasteiger charge is 2.30. The van der Waals surface area contributed by atoms with E-state index < -0.39 is 5.97 Å². The van der Waals surface area contributed by atoms with Gasteiger partial charge in [-0.3, -0.25) is 4.79 Å². The quantitative estimate of drug-likeness (QED) is 0.892. The number of carbonyl (C=O) groups is 2. The second-order valence-electron chi connectivity index (χ2n) is 5.69. The lowest BCUT2D eigenvalue weighted by molar-refractivity contribution is -0.136. The van der Waals surface area contributed by atoms with E-state index in [4.69, 9.17) is 9.84 Å². The summed E-state index contributed by atoms with van der Waals surface area (Å²) in [5.74, 6) is -0.927. The monoisotopic (exact) mass is 292 g/mol. The molecule has 6 nitrogen and oxygen atoms in total. The number of aliphatic carboxylic acids is 1. The van der Waals surface area contributed by atoms with Crippen LogP contribution in [0.5, 0.6) is 0 Å². The second kappa shape index (κ2) is 6.13. The topological polar surface area (TPSA) is 78.9 Å². The number of nitrogens with one attached hydrogen (secondary N) is 1. The van der Waals surface area contributed by atoms with Crippen molar-refractivity contribution in [2.24, 2.45) is 0 Å². The Balaban J connectivity index is 2.07.